The molecule has 0 aliphatic carbocycles. The number of ether oxygens (including phenoxy) is 3. The molecule has 79 heavy (non-hydrogen) atoms. The van der Waals surface area contributed by atoms with Gasteiger partial charge in [-0.05, 0) is 51.4 Å². The lowest BCUT2D eigenvalue weighted by Crippen LogP contribution is -2.30. The summed E-state index contributed by atoms with van der Waals surface area (Å²) in [6.07, 6.45) is 84.0. The summed E-state index contributed by atoms with van der Waals surface area (Å²) in [4.78, 5) is 38.1. The van der Waals surface area contributed by atoms with Gasteiger partial charge in [0.05, 0.1) is 0 Å². The molecule has 1 unspecified atom stereocenters. The van der Waals surface area contributed by atoms with Crippen molar-refractivity contribution >= 4 is 17.9 Å². The Labute approximate surface area is 493 Å². The Morgan fingerprint density at radius 3 is 0.696 bits per heavy atom. The van der Waals surface area contributed by atoms with Gasteiger partial charge in [-0.1, -0.05) is 360 Å². The van der Waals surface area contributed by atoms with E-state index >= 15 is 0 Å². The Balaban J connectivity index is 3.96. The van der Waals surface area contributed by atoms with Crippen LogP contribution < -0.4 is 0 Å². The zero-order valence-electron chi connectivity index (χ0n) is 53.7. The molecule has 0 aliphatic rings. The number of unbranched alkanes of at least 4 members (excludes halogenated alkanes) is 52. The van der Waals surface area contributed by atoms with E-state index in [0.29, 0.717) is 19.3 Å². The van der Waals surface area contributed by atoms with Crippen LogP contribution in [0.15, 0.2) is 24.3 Å². The minimum atomic E-state index is -0.765. The molecule has 0 aromatic heterocycles. The van der Waals surface area contributed by atoms with Crippen molar-refractivity contribution in [3.05, 3.63) is 24.3 Å². The van der Waals surface area contributed by atoms with Crippen molar-refractivity contribution in [2.24, 2.45) is 0 Å². The second-order valence-corrected chi connectivity index (χ2v) is 24.5. The maximum Gasteiger partial charge on any atom is 0.306 e. The molecule has 0 bridgehead atoms. The first-order chi connectivity index (χ1) is 39.0. The Bertz CT molecular complexity index is 1270. The van der Waals surface area contributed by atoms with Crippen LogP contribution in [0.2, 0.25) is 0 Å². The van der Waals surface area contributed by atoms with Crippen molar-refractivity contribution in [3.8, 4) is 0 Å². The molecule has 466 valence electrons. The van der Waals surface area contributed by atoms with Gasteiger partial charge in [-0.15, -0.1) is 0 Å². The molecule has 0 aromatic carbocycles. The van der Waals surface area contributed by atoms with Crippen molar-refractivity contribution in [1.82, 2.24) is 0 Å². The standard InChI is InChI=1S/C73H138O6/c1-4-7-10-13-16-18-20-22-24-26-28-30-32-34-36-38-39-41-43-45-47-49-51-53-55-57-60-63-66-72(75)78-69-70(68-77-71(74)65-62-59-15-12-9-6-3)79-73(76)67-64-61-58-56-54-52-50-48-46-44-42-40-37-35-33-31-29-27-25-23-21-19-17-14-11-8-5-2/h21,23,27,29,70H,4-20,22,24-26,28,30-69H2,1-3H3/b23-21-,29-27-. The van der Waals surface area contributed by atoms with E-state index in [1.165, 1.54) is 302 Å². The van der Waals surface area contributed by atoms with Gasteiger partial charge in [0.2, 0.25) is 0 Å². The van der Waals surface area contributed by atoms with Gasteiger partial charge in [0.15, 0.2) is 6.10 Å². The van der Waals surface area contributed by atoms with Crippen LogP contribution in [0, 0.1) is 0 Å². The minimum Gasteiger partial charge on any atom is -0.462 e. The van der Waals surface area contributed by atoms with Gasteiger partial charge in [0, 0.05) is 19.3 Å². The fraction of sp³-hybridized carbons (Fsp3) is 0.904. The number of hydrogen-bond donors (Lipinski definition) is 0. The lowest BCUT2D eigenvalue weighted by atomic mass is 10.0. The van der Waals surface area contributed by atoms with Crippen molar-refractivity contribution in [3.63, 3.8) is 0 Å². The number of carbonyl (C=O) groups excluding carboxylic acids is 3. The molecular formula is C73H138O6. The van der Waals surface area contributed by atoms with E-state index in [2.05, 4.69) is 45.1 Å². The predicted octanol–water partition coefficient (Wildman–Crippen LogP) is 24.6. The molecule has 0 fully saturated rings. The molecule has 0 spiro atoms. The van der Waals surface area contributed by atoms with E-state index in [0.717, 1.165) is 64.2 Å². The second kappa shape index (κ2) is 68.4. The van der Waals surface area contributed by atoms with Gasteiger partial charge < -0.3 is 14.2 Å². The molecule has 0 aromatic rings. The van der Waals surface area contributed by atoms with E-state index < -0.39 is 6.10 Å². The SMILES string of the molecule is CCCCCCC/C=C\C/C=C\CCCCCCCCCCCCCCCCCC(=O)OC(COC(=O)CCCCCCCC)COC(=O)CCCCCCCCCCCCCCCCCCCCCCCCCCCCCC. The molecule has 0 rings (SSSR count). The summed E-state index contributed by atoms with van der Waals surface area (Å²) < 4.78 is 16.9. The molecule has 0 saturated carbocycles. The fourth-order valence-corrected chi connectivity index (χ4v) is 11.1. The van der Waals surface area contributed by atoms with Gasteiger partial charge in [-0.25, -0.2) is 0 Å². The average Bonchev–Trinajstić information content (AvgIpc) is 3.45. The maximum atomic E-state index is 12.9. The third kappa shape index (κ3) is 66.6. The molecule has 0 radical (unpaired) electrons. The summed E-state index contributed by atoms with van der Waals surface area (Å²) in [6.45, 7) is 6.65. The van der Waals surface area contributed by atoms with Crippen LogP contribution in [0.4, 0.5) is 0 Å². The van der Waals surface area contributed by atoms with Crippen molar-refractivity contribution in [1.29, 1.82) is 0 Å². The molecule has 0 amide bonds. The maximum absolute atomic E-state index is 12.9. The normalized spacial score (nSPS) is 12.1. The number of allylic oxidation sites excluding steroid dienone is 4. The summed E-state index contributed by atoms with van der Waals surface area (Å²) in [5.41, 5.74) is 0. The van der Waals surface area contributed by atoms with Gasteiger partial charge >= 0.3 is 17.9 Å². The summed E-state index contributed by atoms with van der Waals surface area (Å²) in [6, 6.07) is 0. The predicted molar refractivity (Wildman–Crippen MR) is 344 cm³/mol. The Kier molecular flexibility index (Phi) is 66.6. The number of rotatable bonds is 67. The van der Waals surface area contributed by atoms with Crippen LogP contribution in [-0.2, 0) is 28.6 Å². The van der Waals surface area contributed by atoms with Crippen LogP contribution in [-0.4, -0.2) is 37.2 Å². The highest BCUT2D eigenvalue weighted by molar-refractivity contribution is 5.71. The van der Waals surface area contributed by atoms with Crippen LogP contribution in [0.5, 0.6) is 0 Å². The van der Waals surface area contributed by atoms with Gasteiger partial charge in [0.25, 0.3) is 0 Å². The van der Waals surface area contributed by atoms with Crippen molar-refractivity contribution in [2.45, 2.75) is 412 Å². The summed E-state index contributed by atoms with van der Waals surface area (Å²) in [7, 11) is 0. The van der Waals surface area contributed by atoms with E-state index in [9.17, 15) is 14.4 Å². The fourth-order valence-electron chi connectivity index (χ4n) is 11.1. The monoisotopic (exact) mass is 1110 g/mol. The zero-order valence-corrected chi connectivity index (χ0v) is 53.7. The second-order valence-electron chi connectivity index (χ2n) is 24.5. The van der Waals surface area contributed by atoms with Crippen LogP contribution in [0.1, 0.15) is 406 Å². The largest absolute Gasteiger partial charge is 0.462 e. The van der Waals surface area contributed by atoms with E-state index in [1.54, 1.807) is 0 Å². The third-order valence-electron chi connectivity index (χ3n) is 16.5. The Hall–Kier alpha value is -2.11. The summed E-state index contributed by atoms with van der Waals surface area (Å²) in [5, 5.41) is 0. The lowest BCUT2D eigenvalue weighted by Gasteiger charge is -2.18. The average molecular weight is 1110 g/mol. The van der Waals surface area contributed by atoms with Gasteiger partial charge in [0.1, 0.15) is 13.2 Å². The van der Waals surface area contributed by atoms with Crippen LogP contribution in [0.3, 0.4) is 0 Å². The van der Waals surface area contributed by atoms with Gasteiger partial charge in [-0.3, -0.25) is 14.4 Å². The number of carbonyl (C=O) groups is 3. The van der Waals surface area contributed by atoms with E-state index in [4.69, 9.17) is 14.2 Å². The smallest absolute Gasteiger partial charge is 0.306 e. The van der Waals surface area contributed by atoms with Crippen molar-refractivity contribution in [2.75, 3.05) is 13.2 Å². The number of esters is 3. The first-order valence-electron chi connectivity index (χ1n) is 35.8. The minimum absolute atomic E-state index is 0.0651. The third-order valence-corrected chi connectivity index (χ3v) is 16.5. The summed E-state index contributed by atoms with van der Waals surface area (Å²) >= 11 is 0. The highest BCUT2D eigenvalue weighted by Crippen LogP contribution is 2.19. The molecule has 0 N–H and O–H groups in total. The number of hydrogen-bond acceptors (Lipinski definition) is 6. The van der Waals surface area contributed by atoms with E-state index in [-0.39, 0.29) is 31.1 Å². The lowest BCUT2D eigenvalue weighted by molar-refractivity contribution is -0.167. The Morgan fingerprint density at radius 2 is 0.456 bits per heavy atom. The first-order valence-corrected chi connectivity index (χ1v) is 35.8. The molecule has 0 aliphatic heterocycles. The topological polar surface area (TPSA) is 78.9 Å². The molecule has 6 nitrogen and oxygen atoms in total. The van der Waals surface area contributed by atoms with Crippen molar-refractivity contribution < 1.29 is 28.6 Å². The highest BCUT2D eigenvalue weighted by Gasteiger charge is 2.19. The molecule has 0 heterocycles. The van der Waals surface area contributed by atoms with Gasteiger partial charge in [-0.2, -0.15) is 0 Å². The molecule has 6 heteroatoms. The molecule has 1 atom stereocenters. The molecule has 0 saturated heterocycles. The summed E-state index contributed by atoms with van der Waals surface area (Å²) in [5.74, 6) is -0.846. The Morgan fingerprint density at radius 1 is 0.253 bits per heavy atom. The van der Waals surface area contributed by atoms with Crippen LogP contribution >= 0.6 is 0 Å². The highest BCUT2D eigenvalue weighted by atomic mass is 16.6. The van der Waals surface area contributed by atoms with Crippen LogP contribution in [0.25, 0.3) is 0 Å². The van der Waals surface area contributed by atoms with E-state index in [1.807, 2.05) is 0 Å². The molecular weight excluding hydrogens is 973 g/mol. The quantitative estimate of drug-likeness (QED) is 0.0261. The zero-order chi connectivity index (χ0) is 57.1. The first kappa shape index (κ1) is 76.9.